The number of nitriles is 1. The number of hydrogen-bond acceptors (Lipinski definition) is 3. The first-order chi connectivity index (χ1) is 8.84. The molecule has 0 bridgehead atoms. The van der Waals surface area contributed by atoms with Crippen molar-refractivity contribution in [2.45, 2.75) is 62.3 Å². The summed E-state index contributed by atoms with van der Waals surface area (Å²) >= 11 is 0. The van der Waals surface area contributed by atoms with E-state index in [1.54, 1.807) is 0 Å². The lowest BCUT2D eigenvalue weighted by Gasteiger charge is -2.40. The van der Waals surface area contributed by atoms with Gasteiger partial charge in [-0.25, -0.2) is 0 Å². The number of alkyl halides is 3. The van der Waals surface area contributed by atoms with E-state index in [9.17, 15) is 18.4 Å². The summed E-state index contributed by atoms with van der Waals surface area (Å²) < 4.78 is 37.3. The highest BCUT2D eigenvalue weighted by molar-refractivity contribution is 5.13. The Balaban J connectivity index is 1.97. The quantitative estimate of drug-likeness (QED) is 0.856. The molecule has 0 saturated heterocycles. The van der Waals surface area contributed by atoms with Crippen molar-refractivity contribution in [3.8, 4) is 6.07 Å². The highest BCUT2D eigenvalue weighted by Gasteiger charge is 2.42. The summed E-state index contributed by atoms with van der Waals surface area (Å²) in [6, 6.07) is 2.55. The molecule has 0 aromatic rings. The van der Waals surface area contributed by atoms with Crippen LogP contribution >= 0.6 is 0 Å². The van der Waals surface area contributed by atoms with Gasteiger partial charge in [-0.15, -0.1) is 0 Å². The zero-order valence-electron chi connectivity index (χ0n) is 11.1. The van der Waals surface area contributed by atoms with Gasteiger partial charge in [0.25, 0.3) is 0 Å². The molecule has 6 heteroatoms. The molecule has 1 N–H and O–H groups in total. The fourth-order valence-electron chi connectivity index (χ4n) is 2.92. The third kappa shape index (κ3) is 4.08. The number of nitrogens with zero attached hydrogens (tertiary/aromatic N) is 2. The fraction of sp³-hybridized carbons (Fsp3) is 0.923. The van der Waals surface area contributed by atoms with Gasteiger partial charge in [0.05, 0.1) is 12.6 Å². The van der Waals surface area contributed by atoms with Gasteiger partial charge >= 0.3 is 6.18 Å². The summed E-state index contributed by atoms with van der Waals surface area (Å²) in [6.07, 6.45) is 0.760. The number of halogens is 3. The van der Waals surface area contributed by atoms with Gasteiger partial charge in [-0.2, -0.15) is 18.4 Å². The molecule has 0 heterocycles. The maximum atomic E-state index is 12.4. The van der Waals surface area contributed by atoms with E-state index in [0.717, 1.165) is 32.1 Å². The maximum absolute atomic E-state index is 12.4. The second-order valence-corrected chi connectivity index (χ2v) is 5.89. The average molecular weight is 275 g/mol. The number of rotatable bonds is 4. The van der Waals surface area contributed by atoms with E-state index in [-0.39, 0.29) is 6.04 Å². The summed E-state index contributed by atoms with van der Waals surface area (Å²) in [7, 11) is 1.50. The fourth-order valence-corrected chi connectivity index (χ4v) is 2.92. The first kappa shape index (κ1) is 14.6. The van der Waals surface area contributed by atoms with E-state index in [4.69, 9.17) is 0 Å². The van der Waals surface area contributed by atoms with Crippen LogP contribution in [0.1, 0.15) is 38.5 Å². The molecule has 2 rings (SSSR count). The zero-order chi connectivity index (χ0) is 14.1. The topological polar surface area (TPSA) is 39.1 Å². The van der Waals surface area contributed by atoms with Crippen LogP contribution in [0.15, 0.2) is 0 Å². The second kappa shape index (κ2) is 5.29. The van der Waals surface area contributed by atoms with Crippen molar-refractivity contribution in [1.29, 1.82) is 5.26 Å². The van der Waals surface area contributed by atoms with Crippen LogP contribution in [0.25, 0.3) is 0 Å². The molecule has 2 unspecified atom stereocenters. The summed E-state index contributed by atoms with van der Waals surface area (Å²) in [5, 5.41) is 12.7. The minimum absolute atomic E-state index is 0.165. The van der Waals surface area contributed by atoms with Gasteiger partial charge in [0.1, 0.15) is 5.54 Å². The number of nitrogens with one attached hydrogen (secondary N) is 1. The lowest BCUT2D eigenvalue weighted by atomic mass is 9.79. The normalized spacial score (nSPS) is 32.3. The zero-order valence-corrected chi connectivity index (χ0v) is 11.1. The molecule has 0 amide bonds. The predicted octanol–water partition coefficient (Wildman–Crippen LogP) is 2.44. The summed E-state index contributed by atoms with van der Waals surface area (Å²) in [6.45, 7) is -0.900. The summed E-state index contributed by atoms with van der Waals surface area (Å²) in [5.74, 6) is 0. The lowest BCUT2D eigenvalue weighted by Crippen LogP contribution is -2.53. The van der Waals surface area contributed by atoms with E-state index in [0.29, 0.717) is 12.5 Å². The van der Waals surface area contributed by atoms with Crippen LogP contribution in [0.2, 0.25) is 0 Å². The Morgan fingerprint density at radius 3 is 2.58 bits per heavy atom. The van der Waals surface area contributed by atoms with Crippen LogP contribution in [0.3, 0.4) is 0 Å². The van der Waals surface area contributed by atoms with Crippen molar-refractivity contribution in [3.63, 3.8) is 0 Å². The van der Waals surface area contributed by atoms with Crippen molar-refractivity contribution in [2.75, 3.05) is 13.6 Å². The van der Waals surface area contributed by atoms with Gasteiger partial charge in [-0.3, -0.25) is 10.2 Å². The highest BCUT2D eigenvalue weighted by atomic mass is 19.4. The van der Waals surface area contributed by atoms with Crippen LogP contribution in [0.4, 0.5) is 13.2 Å². The molecule has 3 nitrogen and oxygen atoms in total. The van der Waals surface area contributed by atoms with Gasteiger partial charge in [0, 0.05) is 12.1 Å². The molecule has 0 aromatic heterocycles. The Labute approximate surface area is 111 Å². The molecular weight excluding hydrogens is 255 g/mol. The molecular formula is C13H20F3N3. The average Bonchev–Trinajstić information content (AvgIpc) is 3.11. The third-order valence-electron chi connectivity index (χ3n) is 4.05. The SMILES string of the molecule is CN(CC(F)(F)F)C1CCCC(C#N)(NC2CC2)C1. The van der Waals surface area contributed by atoms with Crippen molar-refractivity contribution < 1.29 is 13.2 Å². The smallest absolute Gasteiger partial charge is 0.297 e. The van der Waals surface area contributed by atoms with Gasteiger partial charge in [-0.05, 0) is 45.6 Å². The first-order valence-corrected chi connectivity index (χ1v) is 6.79. The largest absolute Gasteiger partial charge is 0.401 e. The van der Waals surface area contributed by atoms with Crippen molar-refractivity contribution in [3.05, 3.63) is 0 Å². The van der Waals surface area contributed by atoms with Crippen LogP contribution in [-0.4, -0.2) is 42.3 Å². The molecule has 2 saturated carbocycles. The van der Waals surface area contributed by atoms with Gasteiger partial charge in [0.2, 0.25) is 0 Å². The van der Waals surface area contributed by atoms with E-state index in [1.807, 2.05) is 0 Å². The molecule has 0 spiro atoms. The first-order valence-electron chi connectivity index (χ1n) is 6.79. The molecule has 0 aliphatic heterocycles. The predicted molar refractivity (Wildman–Crippen MR) is 65.4 cm³/mol. The molecule has 19 heavy (non-hydrogen) atoms. The minimum Gasteiger partial charge on any atom is -0.297 e. The Bertz CT molecular complexity index is 359. The molecule has 108 valence electrons. The number of hydrogen-bond donors (Lipinski definition) is 1. The Morgan fingerprint density at radius 1 is 1.37 bits per heavy atom. The van der Waals surface area contributed by atoms with Crippen molar-refractivity contribution >= 4 is 0 Å². The Kier molecular flexibility index (Phi) is 4.07. The molecule has 2 atom stereocenters. The molecule has 2 fully saturated rings. The molecule has 0 aromatic carbocycles. The maximum Gasteiger partial charge on any atom is 0.401 e. The van der Waals surface area contributed by atoms with E-state index in [1.165, 1.54) is 11.9 Å². The molecule has 2 aliphatic carbocycles. The van der Waals surface area contributed by atoms with Crippen molar-refractivity contribution in [1.82, 2.24) is 10.2 Å². The molecule has 2 aliphatic rings. The third-order valence-corrected chi connectivity index (χ3v) is 4.05. The second-order valence-electron chi connectivity index (χ2n) is 5.89. The van der Waals surface area contributed by atoms with Crippen LogP contribution in [0.5, 0.6) is 0 Å². The minimum atomic E-state index is -4.18. The Morgan fingerprint density at radius 2 is 2.05 bits per heavy atom. The lowest BCUT2D eigenvalue weighted by molar-refractivity contribution is -0.149. The van der Waals surface area contributed by atoms with Crippen LogP contribution in [-0.2, 0) is 0 Å². The van der Waals surface area contributed by atoms with Gasteiger partial charge < -0.3 is 0 Å². The van der Waals surface area contributed by atoms with Crippen LogP contribution < -0.4 is 5.32 Å². The van der Waals surface area contributed by atoms with E-state index < -0.39 is 18.3 Å². The summed E-state index contributed by atoms with van der Waals surface area (Å²) in [5.41, 5.74) is -0.621. The monoisotopic (exact) mass is 275 g/mol. The van der Waals surface area contributed by atoms with E-state index in [2.05, 4.69) is 11.4 Å². The Hall–Kier alpha value is -0.800. The summed E-state index contributed by atoms with van der Waals surface area (Å²) in [4.78, 5) is 1.35. The molecule has 0 radical (unpaired) electrons. The van der Waals surface area contributed by atoms with Crippen molar-refractivity contribution in [2.24, 2.45) is 0 Å². The van der Waals surface area contributed by atoms with Gasteiger partial charge in [-0.1, -0.05) is 0 Å². The van der Waals surface area contributed by atoms with Crippen LogP contribution in [0, 0.1) is 11.3 Å². The van der Waals surface area contributed by atoms with Gasteiger partial charge in [0.15, 0.2) is 0 Å². The highest BCUT2D eigenvalue weighted by Crippen LogP contribution is 2.34. The van der Waals surface area contributed by atoms with E-state index >= 15 is 0 Å². The standard InChI is InChI=1S/C13H20F3N3/c1-19(9-13(14,15)16)11-3-2-6-12(7-11,8-17)18-10-4-5-10/h10-11,18H,2-7,9H2,1H3.